The lowest BCUT2D eigenvalue weighted by Gasteiger charge is -2.14. The summed E-state index contributed by atoms with van der Waals surface area (Å²) in [5, 5.41) is 10.3. The molecular formula is C14H17NO4S. The minimum atomic E-state index is -0.429. The highest BCUT2D eigenvalue weighted by Crippen LogP contribution is 2.15. The molecule has 0 aliphatic heterocycles. The van der Waals surface area contributed by atoms with Crippen LogP contribution in [0.1, 0.15) is 28.6 Å². The molecule has 0 radical (unpaired) electrons. The molecule has 1 amide bonds. The first-order valence-corrected chi connectivity index (χ1v) is 7.05. The summed E-state index contributed by atoms with van der Waals surface area (Å²) < 4.78 is 4.79. The van der Waals surface area contributed by atoms with E-state index in [0.29, 0.717) is 18.6 Å². The number of nitrogens with zero attached hydrogens (tertiary/aromatic N) is 1. The Morgan fingerprint density at radius 1 is 1.50 bits per heavy atom. The highest BCUT2D eigenvalue weighted by molar-refractivity contribution is 7.10. The van der Waals surface area contributed by atoms with Gasteiger partial charge in [-0.1, -0.05) is 11.8 Å². The zero-order chi connectivity index (χ0) is 15.0. The quantitative estimate of drug-likeness (QED) is 0.653. The fraction of sp³-hybridized carbons (Fsp3) is 0.429. The first-order chi connectivity index (χ1) is 9.58. The summed E-state index contributed by atoms with van der Waals surface area (Å²) in [6.07, 6.45) is 0.407. The molecule has 0 bridgehead atoms. The minimum absolute atomic E-state index is 0.0203. The van der Waals surface area contributed by atoms with Gasteiger partial charge < -0.3 is 14.7 Å². The number of esters is 1. The number of rotatable bonds is 5. The second-order valence-electron chi connectivity index (χ2n) is 3.94. The molecule has 1 heterocycles. The number of hydrogen-bond donors (Lipinski definition) is 1. The molecule has 108 valence electrons. The van der Waals surface area contributed by atoms with Gasteiger partial charge in [0.1, 0.15) is 6.54 Å². The molecule has 1 aromatic rings. The molecule has 1 aromatic heterocycles. The molecule has 0 aliphatic carbocycles. The van der Waals surface area contributed by atoms with Gasteiger partial charge in [0.2, 0.25) is 0 Å². The molecule has 0 atom stereocenters. The van der Waals surface area contributed by atoms with E-state index >= 15 is 0 Å². The van der Waals surface area contributed by atoms with Crippen LogP contribution in [-0.2, 0) is 9.53 Å². The molecule has 0 aromatic carbocycles. The van der Waals surface area contributed by atoms with Gasteiger partial charge in [-0.25, -0.2) is 0 Å². The molecule has 0 saturated carbocycles. The van der Waals surface area contributed by atoms with Crippen LogP contribution in [0.15, 0.2) is 11.4 Å². The second-order valence-corrected chi connectivity index (χ2v) is 4.85. The topological polar surface area (TPSA) is 66.8 Å². The molecule has 0 spiro atoms. The first kappa shape index (κ1) is 16.2. The lowest BCUT2D eigenvalue weighted by molar-refractivity contribution is -0.143. The predicted octanol–water partition coefficient (Wildman–Crippen LogP) is 1.12. The Labute approximate surface area is 122 Å². The lowest BCUT2D eigenvalue weighted by atomic mass is 10.2. The third-order valence-electron chi connectivity index (χ3n) is 2.31. The van der Waals surface area contributed by atoms with Crippen molar-refractivity contribution in [3.05, 3.63) is 21.9 Å². The second kappa shape index (κ2) is 8.35. The number of likely N-dealkylation sites (N-methyl/N-ethyl adjacent to an activating group) is 1. The van der Waals surface area contributed by atoms with E-state index < -0.39 is 5.97 Å². The third-order valence-corrected chi connectivity index (χ3v) is 3.16. The van der Waals surface area contributed by atoms with E-state index in [-0.39, 0.29) is 19.1 Å². The summed E-state index contributed by atoms with van der Waals surface area (Å²) in [5.41, 5.74) is 0.495. The summed E-state index contributed by atoms with van der Waals surface area (Å²) in [4.78, 5) is 25.4. The molecule has 0 aliphatic rings. The van der Waals surface area contributed by atoms with Gasteiger partial charge in [0.05, 0.1) is 23.7 Å². The smallest absolute Gasteiger partial charge is 0.325 e. The van der Waals surface area contributed by atoms with Crippen LogP contribution in [0, 0.1) is 11.8 Å². The Hall–Kier alpha value is -1.84. The van der Waals surface area contributed by atoms with Crippen LogP contribution in [-0.4, -0.2) is 48.7 Å². The number of carbonyl (C=O) groups is 2. The van der Waals surface area contributed by atoms with Crippen molar-refractivity contribution in [2.75, 3.05) is 26.8 Å². The number of carbonyl (C=O) groups excluding carboxylic acids is 2. The summed E-state index contributed by atoms with van der Waals surface area (Å²) in [6.45, 7) is 1.96. The maximum atomic E-state index is 12.1. The monoisotopic (exact) mass is 295 g/mol. The molecule has 5 nitrogen and oxygen atoms in total. The first-order valence-electron chi connectivity index (χ1n) is 6.17. The molecule has 1 N–H and O–H groups in total. The van der Waals surface area contributed by atoms with Gasteiger partial charge >= 0.3 is 5.97 Å². The van der Waals surface area contributed by atoms with Crippen molar-refractivity contribution in [1.82, 2.24) is 4.90 Å². The molecule has 1 rings (SSSR count). The van der Waals surface area contributed by atoms with Crippen LogP contribution in [0.4, 0.5) is 0 Å². The zero-order valence-corrected chi connectivity index (χ0v) is 12.3. The van der Waals surface area contributed by atoms with Gasteiger partial charge in [0.25, 0.3) is 5.91 Å². The third kappa shape index (κ3) is 5.03. The van der Waals surface area contributed by atoms with Crippen LogP contribution >= 0.6 is 11.3 Å². The Balaban J connectivity index is 2.64. The van der Waals surface area contributed by atoms with Gasteiger partial charge in [0.15, 0.2) is 0 Å². The largest absolute Gasteiger partial charge is 0.465 e. The highest BCUT2D eigenvalue weighted by atomic mass is 32.1. The van der Waals surface area contributed by atoms with Crippen molar-refractivity contribution < 1.29 is 19.4 Å². The molecule has 0 fully saturated rings. The number of aliphatic hydroxyl groups excluding tert-OH is 1. The number of amides is 1. The van der Waals surface area contributed by atoms with Gasteiger partial charge in [-0.3, -0.25) is 9.59 Å². The summed E-state index contributed by atoms with van der Waals surface area (Å²) in [6, 6.07) is 1.68. The van der Waals surface area contributed by atoms with E-state index in [0.717, 1.165) is 4.88 Å². The van der Waals surface area contributed by atoms with E-state index in [1.165, 1.54) is 16.2 Å². The van der Waals surface area contributed by atoms with E-state index in [1.54, 1.807) is 25.4 Å². The van der Waals surface area contributed by atoms with Crippen LogP contribution in [0.3, 0.4) is 0 Å². The average Bonchev–Trinajstić information content (AvgIpc) is 2.87. The van der Waals surface area contributed by atoms with Crippen molar-refractivity contribution in [1.29, 1.82) is 0 Å². The molecule has 0 unspecified atom stereocenters. The molecule has 6 heteroatoms. The lowest BCUT2D eigenvalue weighted by Crippen LogP contribution is -2.32. The van der Waals surface area contributed by atoms with E-state index in [2.05, 4.69) is 11.8 Å². The normalized spacial score (nSPS) is 9.55. The summed E-state index contributed by atoms with van der Waals surface area (Å²) in [5.74, 6) is 4.99. The molecule has 20 heavy (non-hydrogen) atoms. The molecule has 0 saturated heterocycles. The average molecular weight is 295 g/mol. The van der Waals surface area contributed by atoms with Crippen LogP contribution in [0.2, 0.25) is 0 Å². The SMILES string of the molecule is CCOC(=O)CN(C)C(=O)c1csc(C#CCCO)c1. The van der Waals surface area contributed by atoms with Crippen molar-refractivity contribution in [3.63, 3.8) is 0 Å². The van der Waals surface area contributed by atoms with Crippen molar-refractivity contribution >= 4 is 23.2 Å². The van der Waals surface area contributed by atoms with E-state index in [9.17, 15) is 9.59 Å². The minimum Gasteiger partial charge on any atom is -0.465 e. The number of hydrogen-bond acceptors (Lipinski definition) is 5. The number of ether oxygens (including phenoxy) is 1. The van der Waals surface area contributed by atoms with Crippen molar-refractivity contribution in [2.24, 2.45) is 0 Å². The van der Waals surface area contributed by atoms with E-state index in [4.69, 9.17) is 9.84 Å². The van der Waals surface area contributed by atoms with Crippen LogP contribution in [0.25, 0.3) is 0 Å². The fourth-order valence-corrected chi connectivity index (χ4v) is 2.16. The number of aliphatic hydroxyl groups is 1. The Bertz CT molecular complexity index is 527. The van der Waals surface area contributed by atoms with Gasteiger partial charge in [0, 0.05) is 18.8 Å². The van der Waals surface area contributed by atoms with E-state index in [1.807, 2.05) is 0 Å². The maximum absolute atomic E-state index is 12.1. The Morgan fingerprint density at radius 3 is 2.90 bits per heavy atom. The Kier molecular flexibility index (Phi) is 6.77. The maximum Gasteiger partial charge on any atom is 0.325 e. The van der Waals surface area contributed by atoms with Gasteiger partial charge in [-0.05, 0) is 13.0 Å². The Morgan fingerprint density at radius 2 is 2.25 bits per heavy atom. The van der Waals surface area contributed by atoms with Crippen molar-refractivity contribution in [2.45, 2.75) is 13.3 Å². The van der Waals surface area contributed by atoms with Gasteiger partial charge in [-0.2, -0.15) is 0 Å². The molecular weight excluding hydrogens is 278 g/mol. The zero-order valence-electron chi connectivity index (χ0n) is 11.5. The highest BCUT2D eigenvalue weighted by Gasteiger charge is 2.16. The number of thiophene rings is 1. The predicted molar refractivity (Wildman–Crippen MR) is 76.5 cm³/mol. The standard InChI is InChI=1S/C14H17NO4S/c1-3-19-13(17)9-15(2)14(18)11-8-12(20-10-11)6-4-5-7-16/h8,10,16H,3,5,7,9H2,1-2H3. The van der Waals surface area contributed by atoms with Crippen LogP contribution in [0.5, 0.6) is 0 Å². The van der Waals surface area contributed by atoms with Crippen LogP contribution < -0.4 is 0 Å². The van der Waals surface area contributed by atoms with Gasteiger partial charge in [-0.15, -0.1) is 11.3 Å². The summed E-state index contributed by atoms with van der Waals surface area (Å²) in [7, 11) is 1.55. The van der Waals surface area contributed by atoms with Crippen molar-refractivity contribution in [3.8, 4) is 11.8 Å². The summed E-state index contributed by atoms with van der Waals surface area (Å²) >= 11 is 1.36. The fourth-order valence-electron chi connectivity index (χ4n) is 1.41.